The van der Waals surface area contributed by atoms with Crippen molar-refractivity contribution in [1.29, 1.82) is 0 Å². The van der Waals surface area contributed by atoms with E-state index in [1.54, 1.807) is 0 Å². The second kappa shape index (κ2) is 10.5. The predicted molar refractivity (Wildman–Crippen MR) is 126 cm³/mol. The van der Waals surface area contributed by atoms with E-state index in [4.69, 9.17) is 9.47 Å². The summed E-state index contributed by atoms with van der Waals surface area (Å²) in [7, 11) is 0. The van der Waals surface area contributed by atoms with Crippen LogP contribution >= 0.6 is 24.0 Å². The number of nitrogens with zero attached hydrogens (tertiary/aromatic N) is 2. The first-order chi connectivity index (χ1) is 14.2. The first kappa shape index (κ1) is 22.2. The summed E-state index contributed by atoms with van der Waals surface area (Å²) < 4.78 is 10.7. The standard InChI is InChI=1S/C22H26N4O3.HI/c1-2-23-22(24-12-16-7-8-19-20(11-16)29-15-28-19)25-13-21(27)26-10-9-17-5-3-4-6-18(17)14-26;/h3-8,11H,2,9-10,12-15H2,1H3,(H2,23,24,25);1H. The van der Waals surface area contributed by atoms with Gasteiger partial charge in [0.15, 0.2) is 17.5 Å². The second-order valence-electron chi connectivity index (χ2n) is 7.07. The SMILES string of the molecule is CCNC(=NCc1ccc2c(c1)OCO2)NCC(=O)N1CCc2ccccc2C1.I. The lowest BCUT2D eigenvalue weighted by atomic mass is 10.00. The molecule has 0 radical (unpaired) electrons. The van der Waals surface area contributed by atoms with E-state index in [2.05, 4.69) is 33.8 Å². The summed E-state index contributed by atoms with van der Waals surface area (Å²) in [5.41, 5.74) is 3.59. The molecule has 7 nitrogen and oxygen atoms in total. The molecule has 4 rings (SSSR count). The molecule has 8 heteroatoms. The van der Waals surface area contributed by atoms with Gasteiger partial charge in [0.1, 0.15) is 0 Å². The topological polar surface area (TPSA) is 75.2 Å². The van der Waals surface area contributed by atoms with Crippen LogP contribution in [0.2, 0.25) is 0 Å². The summed E-state index contributed by atoms with van der Waals surface area (Å²) in [6.45, 7) is 5.10. The van der Waals surface area contributed by atoms with Crippen LogP contribution in [0.1, 0.15) is 23.6 Å². The molecule has 0 saturated carbocycles. The largest absolute Gasteiger partial charge is 0.454 e. The summed E-state index contributed by atoms with van der Waals surface area (Å²) in [6, 6.07) is 14.1. The third-order valence-corrected chi connectivity index (χ3v) is 5.09. The zero-order valence-electron chi connectivity index (χ0n) is 17.0. The Hall–Kier alpha value is -2.49. The molecule has 30 heavy (non-hydrogen) atoms. The van der Waals surface area contributed by atoms with E-state index in [1.165, 1.54) is 11.1 Å². The van der Waals surface area contributed by atoms with Crippen molar-refractivity contribution < 1.29 is 14.3 Å². The fourth-order valence-electron chi connectivity index (χ4n) is 3.53. The third kappa shape index (κ3) is 5.35. The Morgan fingerprint density at radius 1 is 1.10 bits per heavy atom. The van der Waals surface area contributed by atoms with Crippen molar-refractivity contribution in [2.24, 2.45) is 4.99 Å². The van der Waals surface area contributed by atoms with E-state index >= 15 is 0 Å². The van der Waals surface area contributed by atoms with Crippen LogP contribution in [-0.2, 0) is 24.3 Å². The van der Waals surface area contributed by atoms with Crippen LogP contribution < -0.4 is 20.1 Å². The summed E-state index contributed by atoms with van der Waals surface area (Å²) in [6.07, 6.45) is 0.903. The molecule has 0 aliphatic carbocycles. The lowest BCUT2D eigenvalue weighted by Gasteiger charge is -2.29. The summed E-state index contributed by atoms with van der Waals surface area (Å²) in [4.78, 5) is 19.2. The maximum Gasteiger partial charge on any atom is 0.242 e. The molecule has 160 valence electrons. The number of ether oxygens (including phenoxy) is 2. The number of aliphatic imine (C=N–C) groups is 1. The maximum atomic E-state index is 12.7. The summed E-state index contributed by atoms with van der Waals surface area (Å²) in [5, 5.41) is 6.35. The van der Waals surface area contributed by atoms with Gasteiger partial charge in [0.25, 0.3) is 0 Å². The maximum absolute atomic E-state index is 12.7. The van der Waals surface area contributed by atoms with Crippen LogP contribution in [0.5, 0.6) is 11.5 Å². The van der Waals surface area contributed by atoms with Gasteiger partial charge >= 0.3 is 0 Å². The number of halogens is 1. The van der Waals surface area contributed by atoms with Gasteiger partial charge in [-0.05, 0) is 42.2 Å². The molecule has 2 aromatic rings. The average molecular weight is 522 g/mol. The minimum atomic E-state index is 0. The predicted octanol–water partition coefficient (Wildman–Crippen LogP) is 2.67. The highest BCUT2D eigenvalue weighted by atomic mass is 127. The van der Waals surface area contributed by atoms with Gasteiger partial charge in [-0.3, -0.25) is 4.79 Å². The normalized spacial score (nSPS) is 14.6. The van der Waals surface area contributed by atoms with E-state index in [0.29, 0.717) is 19.0 Å². The van der Waals surface area contributed by atoms with Crippen LogP contribution in [0.4, 0.5) is 0 Å². The number of fused-ring (bicyclic) bond motifs is 2. The highest BCUT2D eigenvalue weighted by Crippen LogP contribution is 2.32. The minimum absolute atomic E-state index is 0. The van der Waals surface area contributed by atoms with Crippen LogP contribution in [0.25, 0.3) is 0 Å². The van der Waals surface area contributed by atoms with Gasteiger partial charge in [0.2, 0.25) is 12.7 Å². The van der Waals surface area contributed by atoms with Gasteiger partial charge in [-0.1, -0.05) is 30.3 Å². The van der Waals surface area contributed by atoms with Gasteiger partial charge in [-0.25, -0.2) is 4.99 Å². The van der Waals surface area contributed by atoms with Gasteiger partial charge in [0, 0.05) is 19.6 Å². The van der Waals surface area contributed by atoms with Crippen molar-refractivity contribution in [3.63, 3.8) is 0 Å². The summed E-state index contributed by atoms with van der Waals surface area (Å²) >= 11 is 0. The number of hydrogen-bond donors (Lipinski definition) is 2. The number of rotatable bonds is 5. The molecule has 0 spiro atoms. The van der Waals surface area contributed by atoms with Gasteiger partial charge in [-0.15, -0.1) is 24.0 Å². The number of carbonyl (C=O) groups is 1. The number of amides is 1. The van der Waals surface area contributed by atoms with E-state index in [0.717, 1.165) is 36.6 Å². The molecule has 2 aromatic carbocycles. The smallest absolute Gasteiger partial charge is 0.242 e. The molecule has 0 aromatic heterocycles. The molecular formula is C22H27IN4O3. The van der Waals surface area contributed by atoms with Crippen molar-refractivity contribution in [2.75, 3.05) is 26.4 Å². The van der Waals surface area contributed by atoms with Crippen molar-refractivity contribution in [2.45, 2.75) is 26.4 Å². The Bertz CT molecular complexity index is 919. The van der Waals surface area contributed by atoms with Crippen LogP contribution in [0, 0.1) is 0 Å². The van der Waals surface area contributed by atoms with Crippen molar-refractivity contribution >= 4 is 35.8 Å². The molecule has 0 fully saturated rings. The minimum Gasteiger partial charge on any atom is -0.454 e. The fourth-order valence-corrected chi connectivity index (χ4v) is 3.53. The molecule has 0 bridgehead atoms. The number of hydrogen-bond acceptors (Lipinski definition) is 4. The molecule has 0 unspecified atom stereocenters. The zero-order valence-corrected chi connectivity index (χ0v) is 19.3. The molecule has 0 atom stereocenters. The van der Waals surface area contributed by atoms with Gasteiger partial charge < -0.3 is 25.0 Å². The Morgan fingerprint density at radius 2 is 1.90 bits per heavy atom. The molecule has 2 aliphatic rings. The number of nitrogens with one attached hydrogen (secondary N) is 2. The highest BCUT2D eigenvalue weighted by Gasteiger charge is 2.20. The van der Waals surface area contributed by atoms with Crippen molar-refractivity contribution in [3.8, 4) is 11.5 Å². The molecule has 2 N–H and O–H groups in total. The Kier molecular flexibility index (Phi) is 7.78. The third-order valence-electron chi connectivity index (χ3n) is 5.09. The second-order valence-corrected chi connectivity index (χ2v) is 7.07. The average Bonchev–Trinajstić information content (AvgIpc) is 3.23. The van der Waals surface area contributed by atoms with Crippen LogP contribution in [0.15, 0.2) is 47.5 Å². The molecule has 2 aliphatic heterocycles. The zero-order chi connectivity index (χ0) is 20.1. The molecule has 1 amide bonds. The van der Waals surface area contributed by atoms with Crippen molar-refractivity contribution in [3.05, 3.63) is 59.2 Å². The monoisotopic (exact) mass is 522 g/mol. The van der Waals surface area contributed by atoms with E-state index in [1.807, 2.05) is 36.1 Å². The number of benzene rings is 2. The Balaban J connectivity index is 0.00000256. The first-order valence-corrected chi connectivity index (χ1v) is 9.98. The summed E-state index contributed by atoms with van der Waals surface area (Å²) in [5.74, 6) is 2.21. The quantitative estimate of drug-likeness (QED) is 0.359. The van der Waals surface area contributed by atoms with Gasteiger partial charge in [0.05, 0.1) is 13.1 Å². The number of carbonyl (C=O) groups excluding carboxylic acids is 1. The van der Waals surface area contributed by atoms with E-state index in [9.17, 15) is 4.79 Å². The van der Waals surface area contributed by atoms with E-state index in [-0.39, 0.29) is 43.2 Å². The van der Waals surface area contributed by atoms with Crippen molar-refractivity contribution in [1.82, 2.24) is 15.5 Å². The lowest BCUT2D eigenvalue weighted by molar-refractivity contribution is -0.130. The Morgan fingerprint density at radius 3 is 2.73 bits per heavy atom. The lowest BCUT2D eigenvalue weighted by Crippen LogP contribution is -2.45. The molecule has 2 heterocycles. The highest BCUT2D eigenvalue weighted by molar-refractivity contribution is 14.0. The number of guanidine groups is 1. The molecular weight excluding hydrogens is 495 g/mol. The molecule has 0 saturated heterocycles. The van der Waals surface area contributed by atoms with Crippen LogP contribution in [0.3, 0.4) is 0 Å². The van der Waals surface area contributed by atoms with Gasteiger partial charge in [-0.2, -0.15) is 0 Å². The first-order valence-electron chi connectivity index (χ1n) is 9.98. The Labute approximate surface area is 193 Å². The van der Waals surface area contributed by atoms with E-state index < -0.39 is 0 Å². The van der Waals surface area contributed by atoms with Crippen LogP contribution in [-0.4, -0.2) is 43.2 Å². The fraction of sp³-hybridized carbons (Fsp3) is 0.364.